The number of hydrogen-bond acceptors (Lipinski definition) is 4. The van der Waals surface area contributed by atoms with Crippen molar-refractivity contribution in [3.63, 3.8) is 0 Å². The minimum atomic E-state index is -0.907. The summed E-state index contributed by atoms with van der Waals surface area (Å²) in [6, 6.07) is 0. The summed E-state index contributed by atoms with van der Waals surface area (Å²) < 4.78 is 0. The Morgan fingerprint density at radius 1 is 0.943 bits per heavy atom. The molecule has 0 spiro atoms. The Labute approximate surface area is 211 Å². The molecule has 0 aromatic rings. The molecule has 35 heavy (non-hydrogen) atoms. The molecule has 5 aliphatic carbocycles. The minimum absolute atomic E-state index is 0.00698. The van der Waals surface area contributed by atoms with Crippen LogP contribution in [0, 0.1) is 50.2 Å². The van der Waals surface area contributed by atoms with Crippen LogP contribution < -0.4 is 0 Å². The molecule has 0 radical (unpaired) electrons. The summed E-state index contributed by atoms with van der Waals surface area (Å²) in [6.45, 7) is 13.6. The Balaban J connectivity index is 1.61. The lowest BCUT2D eigenvalue weighted by Crippen LogP contribution is -2.68. The highest BCUT2D eigenvalue weighted by molar-refractivity contribution is 5.76. The normalized spacial score (nSPS) is 55.0. The average molecular weight is 489 g/mol. The third kappa shape index (κ3) is 3.07. The number of carboxylic acid groups (broad SMARTS) is 1. The van der Waals surface area contributed by atoms with Gasteiger partial charge in [0.05, 0.1) is 24.2 Å². The molecule has 5 aliphatic rings. The quantitative estimate of drug-likeness (QED) is 0.402. The van der Waals surface area contributed by atoms with Crippen LogP contribution in [0.1, 0.15) is 99.3 Å². The van der Waals surface area contributed by atoms with Crippen molar-refractivity contribution >= 4 is 5.97 Å². The first-order chi connectivity index (χ1) is 16.1. The van der Waals surface area contributed by atoms with Crippen molar-refractivity contribution in [3.8, 4) is 0 Å². The van der Waals surface area contributed by atoms with E-state index >= 15 is 0 Å². The zero-order valence-electron chi connectivity index (χ0n) is 22.7. The summed E-state index contributed by atoms with van der Waals surface area (Å²) in [5, 5.41) is 42.8. The predicted molar refractivity (Wildman–Crippen MR) is 135 cm³/mol. The number of allylic oxidation sites excluding steroid dienone is 2. The maximum absolute atomic E-state index is 12.8. The standard InChI is InChI=1S/C30H48O5/c1-25(2)11-13-30(24(34)35)14-12-28(5)18(19(30)15-25)7-8-22-26(3)16-20(32)23(33)27(4,17-31)21(26)9-10-29(22,28)6/h7,19-23,31-33H,8-17H2,1-6H3,(H,34,35)/t19-,20-,21+,22-,23-,26+,27+,28-,29-,30+/m1/s1. The molecule has 0 saturated heterocycles. The van der Waals surface area contributed by atoms with E-state index in [1.165, 1.54) is 5.57 Å². The van der Waals surface area contributed by atoms with Gasteiger partial charge < -0.3 is 20.4 Å². The van der Waals surface area contributed by atoms with Gasteiger partial charge in [0, 0.05) is 5.41 Å². The number of hydrogen-bond donors (Lipinski definition) is 4. The number of aliphatic carboxylic acids is 1. The van der Waals surface area contributed by atoms with Crippen molar-refractivity contribution in [2.45, 2.75) is 112 Å². The molecule has 198 valence electrons. The van der Waals surface area contributed by atoms with Crippen molar-refractivity contribution in [2.24, 2.45) is 50.2 Å². The summed E-state index contributed by atoms with van der Waals surface area (Å²) in [6.07, 6.45) is 8.40. The van der Waals surface area contributed by atoms with Gasteiger partial charge in [-0.15, -0.1) is 0 Å². The molecule has 0 unspecified atom stereocenters. The fourth-order valence-corrected chi connectivity index (χ4v) is 10.8. The maximum atomic E-state index is 12.8. The molecule has 0 aromatic heterocycles. The van der Waals surface area contributed by atoms with Gasteiger partial charge in [0.25, 0.3) is 0 Å². The summed E-state index contributed by atoms with van der Waals surface area (Å²) in [7, 11) is 0. The van der Waals surface area contributed by atoms with E-state index < -0.39 is 29.0 Å². The first kappa shape index (κ1) is 25.7. The van der Waals surface area contributed by atoms with Crippen molar-refractivity contribution in [3.05, 3.63) is 11.6 Å². The number of carboxylic acids is 1. The third-order valence-electron chi connectivity index (χ3n) is 13.2. The molecule has 0 aliphatic heterocycles. The fourth-order valence-electron chi connectivity index (χ4n) is 10.8. The van der Waals surface area contributed by atoms with Gasteiger partial charge in [0.2, 0.25) is 0 Å². The number of aliphatic hydroxyl groups excluding tert-OH is 3. The first-order valence-electron chi connectivity index (χ1n) is 14.0. The second-order valence-corrected chi connectivity index (χ2v) is 15.1. The molecule has 10 atom stereocenters. The largest absolute Gasteiger partial charge is 0.481 e. The van der Waals surface area contributed by atoms with E-state index in [-0.39, 0.29) is 40.1 Å². The van der Waals surface area contributed by atoms with Crippen molar-refractivity contribution < 1.29 is 25.2 Å². The molecule has 4 N–H and O–H groups in total. The molecule has 4 fully saturated rings. The Morgan fingerprint density at radius 3 is 2.23 bits per heavy atom. The molecule has 4 saturated carbocycles. The smallest absolute Gasteiger partial charge is 0.310 e. The van der Waals surface area contributed by atoms with Gasteiger partial charge in [-0.25, -0.2) is 0 Å². The summed E-state index contributed by atoms with van der Waals surface area (Å²) in [5.74, 6) is -0.0472. The Bertz CT molecular complexity index is 941. The second kappa shape index (κ2) is 7.57. The van der Waals surface area contributed by atoms with Gasteiger partial charge in [0.1, 0.15) is 0 Å². The van der Waals surface area contributed by atoms with Crippen LogP contribution in [0.4, 0.5) is 0 Å². The molecular weight excluding hydrogens is 440 g/mol. The van der Waals surface area contributed by atoms with E-state index in [4.69, 9.17) is 0 Å². The van der Waals surface area contributed by atoms with Crippen molar-refractivity contribution in [1.82, 2.24) is 0 Å². The highest BCUT2D eigenvalue weighted by Gasteiger charge is 2.70. The number of aliphatic hydroxyl groups is 3. The second-order valence-electron chi connectivity index (χ2n) is 15.1. The van der Waals surface area contributed by atoms with E-state index in [0.717, 1.165) is 51.4 Å². The number of carbonyl (C=O) groups is 1. The van der Waals surface area contributed by atoms with Gasteiger partial charge in [-0.05, 0) is 97.2 Å². The van der Waals surface area contributed by atoms with Crippen LogP contribution in [0.25, 0.3) is 0 Å². The van der Waals surface area contributed by atoms with Crippen LogP contribution in [-0.4, -0.2) is 45.2 Å². The fraction of sp³-hybridized carbons (Fsp3) is 0.900. The monoisotopic (exact) mass is 488 g/mol. The highest BCUT2D eigenvalue weighted by Crippen LogP contribution is 2.75. The first-order valence-corrected chi connectivity index (χ1v) is 14.0. The van der Waals surface area contributed by atoms with Crippen molar-refractivity contribution in [1.29, 1.82) is 0 Å². The summed E-state index contributed by atoms with van der Waals surface area (Å²) in [4.78, 5) is 12.8. The zero-order valence-corrected chi connectivity index (χ0v) is 22.7. The van der Waals surface area contributed by atoms with Gasteiger partial charge in [-0.1, -0.05) is 53.2 Å². The van der Waals surface area contributed by atoms with Gasteiger partial charge >= 0.3 is 5.97 Å². The summed E-state index contributed by atoms with van der Waals surface area (Å²) >= 11 is 0. The lowest BCUT2D eigenvalue weighted by atomic mass is 9.33. The Morgan fingerprint density at radius 2 is 1.60 bits per heavy atom. The van der Waals surface area contributed by atoms with Gasteiger partial charge in [0.15, 0.2) is 0 Å². The van der Waals surface area contributed by atoms with E-state index in [9.17, 15) is 25.2 Å². The molecule has 0 bridgehead atoms. The van der Waals surface area contributed by atoms with E-state index in [1.54, 1.807) is 0 Å². The van der Waals surface area contributed by atoms with Gasteiger partial charge in [-0.2, -0.15) is 0 Å². The number of fused-ring (bicyclic) bond motifs is 7. The Kier molecular flexibility index (Phi) is 5.56. The van der Waals surface area contributed by atoms with Crippen LogP contribution in [0.5, 0.6) is 0 Å². The van der Waals surface area contributed by atoms with Gasteiger partial charge in [-0.3, -0.25) is 4.79 Å². The summed E-state index contributed by atoms with van der Waals surface area (Å²) in [5.41, 5.74) is -0.0632. The molecular formula is C30H48O5. The molecule has 0 aromatic carbocycles. The SMILES string of the molecule is CC1(C)CC[C@]2(C(=O)O)CC[C@]3(C)C(=CC[C@@H]4[C@@]5(C)C[C@@H](O)[C@@H](O)[C@@](C)(CO)[C@H]5CC[C@]43C)[C@H]2C1. The lowest BCUT2D eigenvalue weighted by molar-refractivity contribution is -0.243. The lowest BCUT2D eigenvalue weighted by Gasteiger charge is -2.71. The molecule has 5 nitrogen and oxygen atoms in total. The van der Waals surface area contributed by atoms with Crippen LogP contribution in [0.3, 0.4) is 0 Å². The van der Waals surface area contributed by atoms with E-state index in [1.807, 2.05) is 6.92 Å². The van der Waals surface area contributed by atoms with Crippen LogP contribution in [-0.2, 0) is 4.79 Å². The van der Waals surface area contributed by atoms with Crippen LogP contribution >= 0.6 is 0 Å². The van der Waals surface area contributed by atoms with Crippen LogP contribution in [0.2, 0.25) is 0 Å². The molecule has 0 heterocycles. The predicted octanol–water partition coefficient (Wildman–Crippen LogP) is 5.18. The molecule has 0 amide bonds. The van der Waals surface area contributed by atoms with E-state index in [0.29, 0.717) is 12.3 Å². The topological polar surface area (TPSA) is 98.0 Å². The van der Waals surface area contributed by atoms with Crippen LogP contribution in [0.15, 0.2) is 11.6 Å². The van der Waals surface area contributed by atoms with E-state index in [2.05, 4.69) is 40.7 Å². The molecule has 5 rings (SSSR count). The number of rotatable bonds is 2. The zero-order chi connectivity index (χ0) is 25.8. The van der Waals surface area contributed by atoms with Crippen molar-refractivity contribution in [2.75, 3.05) is 6.61 Å². The highest BCUT2D eigenvalue weighted by atomic mass is 16.4. The molecule has 5 heteroatoms. The average Bonchev–Trinajstić information content (AvgIpc) is 2.77. The Hall–Kier alpha value is -0.910. The third-order valence-corrected chi connectivity index (χ3v) is 13.2. The maximum Gasteiger partial charge on any atom is 0.310 e. The minimum Gasteiger partial charge on any atom is -0.481 e.